The van der Waals surface area contributed by atoms with E-state index in [1.807, 2.05) is 4.57 Å². The molecule has 31 heavy (non-hydrogen) atoms. The molecule has 1 saturated heterocycles. The minimum Gasteiger partial charge on any atom is -0.324 e. The van der Waals surface area contributed by atoms with E-state index >= 15 is 0 Å². The summed E-state index contributed by atoms with van der Waals surface area (Å²) in [6, 6.07) is 2.87. The van der Waals surface area contributed by atoms with Gasteiger partial charge in [0.15, 0.2) is 11.6 Å². The molecule has 0 spiro atoms. The number of carbonyl (C=O) groups excluding carboxylic acids is 1. The molecule has 2 unspecified atom stereocenters. The minimum atomic E-state index is -4.64. The van der Waals surface area contributed by atoms with E-state index in [9.17, 15) is 18.0 Å². The van der Waals surface area contributed by atoms with Crippen LogP contribution in [0.2, 0.25) is 5.02 Å². The second kappa shape index (κ2) is 7.42. The maximum atomic E-state index is 13.4. The van der Waals surface area contributed by atoms with Crippen LogP contribution in [0.1, 0.15) is 52.9 Å². The van der Waals surface area contributed by atoms with Crippen molar-refractivity contribution in [2.45, 2.75) is 44.1 Å². The third-order valence-corrected chi connectivity index (χ3v) is 6.49. The van der Waals surface area contributed by atoms with Crippen LogP contribution in [-0.4, -0.2) is 42.9 Å². The molecule has 1 fully saturated rings. The number of hydroxylamine groups is 2. The van der Waals surface area contributed by atoms with Gasteiger partial charge in [0.2, 0.25) is 0 Å². The molecule has 0 N–H and O–H groups in total. The van der Waals surface area contributed by atoms with Gasteiger partial charge >= 0.3 is 6.18 Å². The highest BCUT2D eigenvalue weighted by Crippen LogP contribution is 2.44. The number of hydrogen-bond donors (Lipinski definition) is 0. The molecule has 3 aliphatic rings. The Kier molecular flexibility index (Phi) is 4.94. The molecule has 0 radical (unpaired) electrons. The van der Waals surface area contributed by atoms with E-state index in [1.54, 1.807) is 22.4 Å². The summed E-state index contributed by atoms with van der Waals surface area (Å²) in [6.07, 6.45) is 1.24. The van der Waals surface area contributed by atoms with Gasteiger partial charge < -0.3 is 9.47 Å². The SMILES string of the molecule is CSON1C=C1c1nnc2n1CC1CCCC2N1C(=O)c1cccc(C(F)(F)F)c1Cl. The van der Waals surface area contributed by atoms with Crippen LogP contribution in [0.15, 0.2) is 24.4 Å². The number of amides is 1. The van der Waals surface area contributed by atoms with Gasteiger partial charge in [-0.2, -0.15) is 17.5 Å². The van der Waals surface area contributed by atoms with Crippen molar-refractivity contribution < 1.29 is 22.2 Å². The van der Waals surface area contributed by atoms with Crippen LogP contribution in [0, 0.1) is 0 Å². The zero-order valence-electron chi connectivity index (χ0n) is 16.3. The number of rotatable bonds is 4. The topological polar surface area (TPSA) is 63.3 Å². The molecule has 5 rings (SSSR count). The molecule has 12 heteroatoms. The summed E-state index contributed by atoms with van der Waals surface area (Å²) in [6.45, 7) is 0.459. The summed E-state index contributed by atoms with van der Waals surface area (Å²) < 4.78 is 47.2. The third kappa shape index (κ3) is 3.39. The molecule has 1 aromatic carbocycles. The van der Waals surface area contributed by atoms with Crippen molar-refractivity contribution in [3.63, 3.8) is 0 Å². The maximum Gasteiger partial charge on any atom is 0.417 e. The molecule has 2 atom stereocenters. The summed E-state index contributed by atoms with van der Waals surface area (Å²) in [7, 11) is 0. The molecule has 3 aliphatic heterocycles. The Morgan fingerprint density at radius 1 is 1.29 bits per heavy atom. The van der Waals surface area contributed by atoms with Gasteiger partial charge in [-0.3, -0.25) is 4.79 Å². The molecule has 2 aromatic rings. The molecule has 2 bridgehead atoms. The van der Waals surface area contributed by atoms with Gasteiger partial charge in [-0.1, -0.05) is 17.7 Å². The number of benzene rings is 1. The number of halogens is 4. The van der Waals surface area contributed by atoms with Crippen LogP contribution in [0.5, 0.6) is 0 Å². The van der Waals surface area contributed by atoms with Crippen LogP contribution in [0.3, 0.4) is 0 Å². The molecule has 164 valence electrons. The first-order chi connectivity index (χ1) is 14.8. The van der Waals surface area contributed by atoms with E-state index in [0.29, 0.717) is 24.6 Å². The lowest BCUT2D eigenvalue weighted by atomic mass is 9.90. The molecular weight excluding hydrogens is 455 g/mol. The van der Waals surface area contributed by atoms with E-state index < -0.39 is 22.7 Å². The monoisotopic (exact) mass is 471 g/mol. The van der Waals surface area contributed by atoms with Crippen molar-refractivity contribution in [1.82, 2.24) is 24.7 Å². The van der Waals surface area contributed by atoms with Gasteiger partial charge in [-0.15, -0.1) is 10.2 Å². The van der Waals surface area contributed by atoms with Crippen molar-refractivity contribution >= 4 is 35.2 Å². The van der Waals surface area contributed by atoms with Crippen molar-refractivity contribution in [1.29, 1.82) is 0 Å². The molecule has 0 saturated carbocycles. The van der Waals surface area contributed by atoms with Crippen LogP contribution in [0.25, 0.3) is 5.70 Å². The Labute approximate surface area is 185 Å². The molecular formula is C19H17ClF3N5O2S. The summed E-state index contributed by atoms with van der Waals surface area (Å²) in [4.78, 5) is 15.0. The minimum absolute atomic E-state index is 0.147. The lowest BCUT2D eigenvalue weighted by Gasteiger charge is -2.45. The van der Waals surface area contributed by atoms with Crippen molar-refractivity contribution in [3.05, 3.63) is 52.2 Å². The Balaban J connectivity index is 1.48. The second-order valence-electron chi connectivity index (χ2n) is 7.55. The van der Waals surface area contributed by atoms with Crippen LogP contribution in [-0.2, 0) is 17.0 Å². The van der Waals surface area contributed by atoms with E-state index in [2.05, 4.69) is 10.2 Å². The van der Waals surface area contributed by atoms with Crippen molar-refractivity contribution in [3.8, 4) is 0 Å². The number of alkyl halides is 3. The van der Waals surface area contributed by atoms with Gasteiger partial charge in [0.1, 0.15) is 5.70 Å². The largest absolute Gasteiger partial charge is 0.417 e. The predicted octanol–water partition coefficient (Wildman–Crippen LogP) is 4.52. The third-order valence-electron chi connectivity index (χ3n) is 5.78. The van der Waals surface area contributed by atoms with Gasteiger partial charge in [-0.25, -0.2) is 5.06 Å². The fraction of sp³-hybridized carbons (Fsp3) is 0.421. The van der Waals surface area contributed by atoms with Gasteiger partial charge in [-0.05, 0) is 31.4 Å². The number of carbonyl (C=O) groups is 1. The highest BCUT2D eigenvalue weighted by molar-refractivity contribution is 7.93. The van der Waals surface area contributed by atoms with Gasteiger partial charge in [0, 0.05) is 24.8 Å². The van der Waals surface area contributed by atoms with Crippen LogP contribution >= 0.6 is 23.6 Å². The standard InChI is InChI=1S/C19H17ClF3N5O2S/c1-31-30-27-9-14(27)17-25-24-16-13-7-2-4-10(8-26(16)17)28(13)18(29)11-5-3-6-12(15(11)20)19(21,22)23/h3,5-6,9-10,13H,2,4,7-8H2,1H3. The smallest absolute Gasteiger partial charge is 0.324 e. The van der Waals surface area contributed by atoms with E-state index in [0.717, 1.165) is 24.6 Å². The highest BCUT2D eigenvalue weighted by atomic mass is 35.5. The Morgan fingerprint density at radius 3 is 2.84 bits per heavy atom. The first-order valence-electron chi connectivity index (χ1n) is 9.65. The zero-order chi connectivity index (χ0) is 21.9. The quantitative estimate of drug-likeness (QED) is 0.611. The lowest BCUT2D eigenvalue weighted by Crippen LogP contribution is -2.52. The zero-order valence-corrected chi connectivity index (χ0v) is 17.8. The lowest BCUT2D eigenvalue weighted by molar-refractivity contribution is -0.137. The van der Waals surface area contributed by atoms with Crippen LogP contribution in [0.4, 0.5) is 13.2 Å². The maximum absolute atomic E-state index is 13.4. The first-order valence-corrected chi connectivity index (χ1v) is 11.2. The van der Waals surface area contributed by atoms with Crippen LogP contribution < -0.4 is 0 Å². The fourth-order valence-corrected chi connectivity index (χ4v) is 4.99. The Hall–Kier alpha value is -2.24. The van der Waals surface area contributed by atoms with Crippen molar-refractivity contribution in [2.24, 2.45) is 0 Å². The highest BCUT2D eigenvalue weighted by Gasteiger charge is 2.45. The van der Waals surface area contributed by atoms with E-state index in [1.165, 1.54) is 24.2 Å². The number of nitrogens with zero attached hydrogens (tertiary/aromatic N) is 5. The summed E-state index contributed by atoms with van der Waals surface area (Å²) in [5, 5.41) is 9.62. The van der Waals surface area contributed by atoms with E-state index in [4.69, 9.17) is 15.9 Å². The van der Waals surface area contributed by atoms with Gasteiger partial charge in [0.05, 0.1) is 34.4 Å². The fourth-order valence-electron chi connectivity index (χ4n) is 4.40. The number of hydrogen-bond acceptors (Lipinski definition) is 6. The number of fused-ring (bicyclic) bond motifs is 4. The molecule has 1 aromatic heterocycles. The first kappa shape index (κ1) is 20.7. The van der Waals surface area contributed by atoms with E-state index in [-0.39, 0.29) is 17.6 Å². The predicted molar refractivity (Wildman–Crippen MR) is 107 cm³/mol. The number of aromatic nitrogens is 3. The molecule has 1 amide bonds. The molecule has 7 nitrogen and oxygen atoms in total. The Morgan fingerprint density at radius 2 is 2.10 bits per heavy atom. The molecule has 0 aliphatic carbocycles. The second-order valence-corrected chi connectivity index (χ2v) is 8.41. The molecule has 4 heterocycles. The summed E-state index contributed by atoms with van der Waals surface area (Å²) in [5.41, 5.74) is -0.361. The number of piperidine rings is 1. The average Bonchev–Trinajstić information content (AvgIpc) is 3.35. The average molecular weight is 472 g/mol. The normalized spacial score (nSPS) is 22.3. The van der Waals surface area contributed by atoms with Gasteiger partial charge in [0.25, 0.3) is 5.91 Å². The summed E-state index contributed by atoms with van der Waals surface area (Å²) >= 11 is 7.24. The van der Waals surface area contributed by atoms with Crippen molar-refractivity contribution in [2.75, 3.05) is 6.26 Å². The summed E-state index contributed by atoms with van der Waals surface area (Å²) in [5.74, 6) is 0.768. The Bertz CT molecular complexity index is 1090.